The third-order valence-corrected chi connectivity index (χ3v) is 4.67. The summed E-state index contributed by atoms with van der Waals surface area (Å²) in [5, 5.41) is 4.24. The quantitative estimate of drug-likeness (QED) is 0.804. The maximum Gasteiger partial charge on any atom is 0.194 e. The molecule has 0 saturated carbocycles. The van der Waals surface area contributed by atoms with E-state index in [9.17, 15) is 4.79 Å². The smallest absolute Gasteiger partial charge is 0.194 e. The van der Waals surface area contributed by atoms with Crippen molar-refractivity contribution in [3.63, 3.8) is 0 Å². The molecule has 3 nitrogen and oxygen atoms in total. The van der Waals surface area contributed by atoms with E-state index in [1.165, 1.54) is 10.5 Å². The molecule has 0 amide bonds. The predicted octanol–water partition coefficient (Wildman–Crippen LogP) is 3.36. The molecule has 19 heavy (non-hydrogen) atoms. The van der Waals surface area contributed by atoms with Crippen molar-refractivity contribution in [1.29, 1.82) is 0 Å². The van der Waals surface area contributed by atoms with Crippen LogP contribution in [0.4, 0.5) is 0 Å². The lowest BCUT2D eigenvalue weighted by atomic mass is 10.1. The molecule has 2 aromatic rings. The Morgan fingerprint density at radius 1 is 1.37 bits per heavy atom. The van der Waals surface area contributed by atoms with Crippen molar-refractivity contribution in [1.82, 2.24) is 9.78 Å². The molecule has 1 aromatic carbocycles. The standard InChI is InChI=1S/C15H16N2OS/c1-10(2)17-12(7-8-16-17)15(18)14-9-11-5-3-4-6-13(11)19-14/h3-8,10,14H,9H2,1-2H3. The molecule has 0 N–H and O–H groups in total. The van der Waals surface area contributed by atoms with Crippen LogP contribution in [0.25, 0.3) is 0 Å². The SMILES string of the molecule is CC(C)n1nccc1C(=O)C1Cc2ccccc2S1. The van der Waals surface area contributed by atoms with Gasteiger partial charge in [0.1, 0.15) is 5.69 Å². The van der Waals surface area contributed by atoms with Crippen LogP contribution < -0.4 is 0 Å². The van der Waals surface area contributed by atoms with Gasteiger partial charge >= 0.3 is 0 Å². The van der Waals surface area contributed by atoms with E-state index < -0.39 is 0 Å². The summed E-state index contributed by atoms with van der Waals surface area (Å²) in [6.45, 7) is 4.08. The van der Waals surface area contributed by atoms with E-state index in [1.54, 1.807) is 18.0 Å². The zero-order valence-electron chi connectivity index (χ0n) is 11.0. The van der Waals surface area contributed by atoms with Gasteiger partial charge in [0.05, 0.1) is 5.25 Å². The van der Waals surface area contributed by atoms with Gasteiger partial charge in [0, 0.05) is 17.1 Å². The monoisotopic (exact) mass is 272 g/mol. The average molecular weight is 272 g/mol. The third-order valence-electron chi connectivity index (χ3n) is 3.35. The van der Waals surface area contributed by atoms with Crippen LogP contribution in [0.1, 0.15) is 35.9 Å². The van der Waals surface area contributed by atoms with Gasteiger partial charge in [-0.25, -0.2) is 0 Å². The Labute approximate surface area is 117 Å². The van der Waals surface area contributed by atoms with Crippen LogP contribution in [0.5, 0.6) is 0 Å². The Balaban J connectivity index is 1.85. The largest absolute Gasteiger partial charge is 0.291 e. The number of Topliss-reactive ketones (excluding diaryl/α,β-unsaturated/α-hetero) is 1. The Morgan fingerprint density at radius 3 is 2.89 bits per heavy atom. The minimum absolute atomic E-state index is 0.00778. The van der Waals surface area contributed by atoms with Gasteiger partial charge in [-0.1, -0.05) is 18.2 Å². The summed E-state index contributed by atoms with van der Waals surface area (Å²) < 4.78 is 1.81. The van der Waals surface area contributed by atoms with Gasteiger partial charge in [-0.05, 0) is 38.0 Å². The summed E-state index contributed by atoms with van der Waals surface area (Å²) >= 11 is 1.67. The molecule has 0 aliphatic carbocycles. The van der Waals surface area contributed by atoms with E-state index in [-0.39, 0.29) is 17.1 Å². The highest BCUT2D eigenvalue weighted by Gasteiger charge is 2.30. The van der Waals surface area contributed by atoms with Crippen molar-refractivity contribution in [3.8, 4) is 0 Å². The van der Waals surface area contributed by atoms with E-state index in [1.807, 2.05) is 36.7 Å². The number of carbonyl (C=O) groups excluding carboxylic acids is 1. The molecule has 1 unspecified atom stereocenters. The molecule has 2 heterocycles. The third kappa shape index (κ3) is 2.21. The Hall–Kier alpha value is -1.55. The normalized spacial score (nSPS) is 17.7. The highest BCUT2D eigenvalue weighted by Crippen LogP contribution is 2.38. The maximum atomic E-state index is 12.6. The van der Waals surface area contributed by atoms with Gasteiger partial charge in [-0.2, -0.15) is 5.10 Å². The van der Waals surface area contributed by atoms with Crippen molar-refractivity contribution in [2.75, 3.05) is 0 Å². The van der Waals surface area contributed by atoms with E-state index in [0.29, 0.717) is 0 Å². The molecule has 1 aromatic heterocycles. The lowest BCUT2D eigenvalue weighted by Crippen LogP contribution is -2.21. The summed E-state index contributed by atoms with van der Waals surface area (Å²) in [7, 11) is 0. The van der Waals surface area contributed by atoms with Gasteiger partial charge in [-0.3, -0.25) is 9.48 Å². The predicted molar refractivity (Wildman–Crippen MR) is 76.7 cm³/mol. The van der Waals surface area contributed by atoms with Crippen LogP contribution in [0.15, 0.2) is 41.4 Å². The number of nitrogens with zero attached hydrogens (tertiary/aromatic N) is 2. The summed E-state index contributed by atoms with van der Waals surface area (Å²) in [5.41, 5.74) is 2.00. The molecule has 0 fully saturated rings. The topological polar surface area (TPSA) is 34.9 Å². The van der Waals surface area contributed by atoms with Crippen molar-refractivity contribution in [2.45, 2.75) is 36.5 Å². The number of rotatable bonds is 3. The summed E-state index contributed by atoms with van der Waals surface area (Å²) in [6, 6.07) is 10.3. The number of thioether (sulfide) groups is 1. The Bertz CT molecular complexity index is 593. The number of fused-ring (bicyclic) bond motifs is 1. The lowest BCUT2D eigenvalue weighted by Gasteiger charge is -2.12. The maximum absolute atomic E-state index is 12.6. The van der Waals surface area contributed by atoms with E-state index >= 15 is 0 Å². The highest BCUT2D eigenvalue weighted by molar-refractivity contribution is 8.01. The second-order valence-corrected chi connectivity index (χ2v) is 6.28. The van der Waals surface area contributed by atoms with Crippen molar-refractivity contribution in [2.24, 2.45) is 0 Å². The number of hydrogen-bond acceptors (Lipinski definition) is 3. The van der Waals surface area contributed by atoms with E-state index in [0.717, 1.165) is 12.1 Å². The molecule has 1 aliphatic heterocycles. The number of benzene rings is 1. The van der Waals surface area contributed by atoms with Crippen molar-refractivity contribution in [3.05, 3.63) is 47.8 Å². The molecule has 0 bridgehead atoms. The number of ketones is 1. The first-order valence-corrected chi connectivity index (χ1v) is 7.37. The summed E-state index contributed by atoms with van der Waals surface area (Å²) in [4.78, 5) is 13.9. The fourth-order valence-corrected chi connectivity index (χ4v) is 3.67. The van der Waals surface area contributed by atoms with Crippen molar-refractivity contribution >= 4 is 17.5 Å². The second kappa shape index (κ2) is 4.85. The van der Waals surface area contributed by atoms with Gasteiger partial charge in [0.15, 0.2) is 5.78 Å². The number of carbonyl (C=O) groups is 1. The van der Waals surface area contributed by atoms with Crippen LogP contribution in [-0.4, -0.2) is 20.8 Å². The Morgan fingerprint density at radius 2 is 2.16 bits per heavy atom. The fourth-order valence-electron chi connectivity index (χ4n) is 2.41. The van der Waals surface area contributed by atoms with Crippen LogP contribution in [-0.2, 0) is 6.42 Å². The molecule has 98 valence electrons. The molecule has 1 atom stereocenters. The Kier molecular flexibility index (Phi) is 3.19. The van der Waals surface area contributed by atoms with Crippen LogP contribution >= 0.6 is 11.8 Å². The first-order valence-electron chi connectivity index (χ1n) is 6.49. The fraction of sp³-hybridized carbons (Fsp3) is 0.333. The van der Waals surface area contributed by atoms with Crippen LogP contribution in [0.2, 0.25) is 0 Å². The zero-order valence-corrected chi connectivity index (χ0v) is 11.9. The molecule has 1 aliphatic rings. The number of aromatic nitrogens is 2. The molecule has 0 spiro atoms. The average Bonchev–Trinajstić information content (AvgIpc) is 3.04. The van der Waals surface area contributed by atoms with Gasteiger partial charge in [0.2, 0.25) is 0 Å². The zero-order chi connectivity index (χ0) is 13.4. The highest BCUT2D eigenvalue weighted by atomic mass is 32.2. The van der Waals surface area contributed by atoms with Gasteiger partial charge in [-0.15, -0.1) is 11.8 Å². The van der Waals surface area contributed by atoms with Gasteiger partial charge in [0.25, 0.3) is 0 Å². The summed E-state index contributed by atoms with van der Waals surface area (Å²) in [5.74, 6) is 0.187. The first-order chi connectivity index (χ1) is 9.16. The molecule has 0 saturated heterocycles. The molecule has 3 rings (SSSR count). The summed E-state index contributed by atoms with van der Waals surface area (Å²) in [6.07, 6.45) is 2.53. The van der Waals surface area contributed by atoms with Crippen molar-refractivity contribution < 1.29 is 4.79 Å². The van der Waals surface area contributed by atoms with Crippen LogP contribution in [0.3, 0.4) is 0 Å². The van der Waals surface area contributed by atoms with Crippen LogP contribution in [0, 0.1) is 0 Å². The minimum atomic E-state index is -0.00778. The van der Waals surface area contributed by atoms with E-state index in [4.69, 9.17) is 0 Å². The molecular weight excluding hydrogens is 256 g/mol. The minimum Gasteiger partial charge on any atom is -0.291 e. The van der Waals surface area contributed by atoms with Gasteiger partial charge < -0.3 is 0 Å². The molecule has 4 heteroatoms. The van der Waals surface area contributed by atoms with E-state index in [2.05, 4.69) is 17.2 Å². The molecule has 0 radical (unpaired) electrons. The molecular formula is C15H16N2OS. The second-order valence-electron chi connectivity index (χ2n) is 5.04. The lowest BCUT2D eigenvalue weighted by molar-refractivity contribution is 0.0978. The number of hydrogen-bond donors (Lipinski definition) is 0. The first kappa shape index (κ1) is 12.5.